The van der Waals surface area contributed by atoms with Crippen LogP contribution in [0.4, 0.5) is 0 Å². The van der Waals surface area contributed by atoms with Crippen LogP contribution < -0.4 is 24.8 Å². The second kappa shape index (κ2) is 14.0. The number of hydrogen-bond donors (Lipinski definition) is 0. The fourth-order valence-electron chi connectivity index (χ4n) is 3.96. The van der Waals surface area contributed by atoms with E-state index in [1.165, 1.54) is 32.7 Å². The summed E-state index contributed by atoms with van der Waals surface area (Å²) in [5, 5.41) is 5.14. The Morgan fingerprint density at radius 3 is 1.29 bits per heavy atom. The van der Waals surface area contributed by atoms with Gasteiger partial charge in [-0.1, -0.05) is 96.1 Å². The van der Waals surface area contributed by atoms with Crippen LogP contribution in [0, 0.1) is 12.2 Å². The smallest absolute Gasteiger partial charge is 1.00 e. The Labute approximate surface area is 239 Å². The number of rotatable bonds is 2. The molecule has 0 bridgehead atoms. The van der Waals surface area contributed by atoms with Gasteiger partial charge in [-0.15, -0.1) is 24.3 Å². The normalized spacial score (nSPS) is 15.0. The molecule has 0 heterocycles. The monoisotopic (exact) mass is 566 g/mol. The van der Waals surface area contributed by atoms with E-state index in [0.29, 0.717) is 0 Å². The average Bonchev–Trinajstić information content (AvgIpc) is 3.55. The third-order valence-corrected chi connectivity index (χ3v) is 5.51. The van der Waals surface area contributed by atoms with Crippen molar-refractivity contribution in [2.75, 3.05) is 0 Å². The molecular weight excluding hydrogens is 546 g/mol. The first-order valence-electron chi connectivity index (χ1n) is 10.8. The van der Waals surface area contributed by atoms with E-state index >= 15 is 0 Å². The number of hydrogen-bond acceptors (Lipinski definition) is 0. The van der Waals surface area contributed by atoms with Crippen molar-refractivity contribution in [3.05, 3.63) is 156 Å². The maximum Gasteiger partial charge on any atom is 4.00 e. The number of benzene rings is 4. The first-order chi connectivity index (χ1) is 15.9. The molecule has 0 nitrogen and oxygen atoms in total. The summed E-state index contributed by atoms with van der Waals surface area (Å²) in [6.07, 6.45) is 22.8. The molecule has 0 N–H and O–H groups in total. The van der Waals surface area contributed by atoms with Crippen LogP contribution in [0.1, 0.15) is 11.1 Å². The molecule has 168 valence electrons. The van der Waals surface area contributed by atoms with E-state index in [1.54, 1.807) is 0 Å². The second-order valence-corrected chi connectivity index (χ2v) is 7.68. The number of halogens is 2. The zero-order valence-electron chi connectivity index (χ0n) is 19.0. The topological polar surface area (TPSA) is 0 Å². The molecule has 6 rings (SSSR count). The van der Waals surface area contributed by atoms with Gasteiger partial charge < -0.3 is 24.8 Å². The largest absolute Gasteiger partial charge is 4.00 e. The molecule has 3 heteroatoms. The maximum atomic E-state index is 3.19. The van der Waals surface area contributed by atoms with E-state index in [2.05, 4.69) is 121 Å². The van der Waals surface area contributed by atoms with Crippen molar-refractivity contribution < 1.29 is 51.0 Å². The van der Waals surface area contributed by atoms with Gasteiger partial charge in [0, 0.05) is 0 Å². The van der Waals surface area contributed by atoms with Crippen LogP contribution in [0.15, 0.2) is 133 Å². The van der Waals surface area contributed by atoms with Gasteiger partial charge in [-0.3, -0.25) is 0 Å². The van der Waals surface area contributed by atoms with Crippen LogP contribution in [0.2, 0.25) is 0 Å². The quantitative estimate of drug-likeness (QED) is 0.326. The van der Waals surface area contributed by atoms with Crippen LogP contribution in [0.5, 0.6) is 0 Å². The molecule has 0 fully saturated rings. The van der Waals surface area contributed by atoms with Crippen molar-refractivity contribution in [1.29, 1.82) is 0 Å². The Bertz CT molecular complexity index is 1320. The summed E-state index contributed by atoms with van der Waals surface area (Å²) in [6.45, 7) is 0. The van der Waals surface area contributed by atoms with Crippen LogP contribution in [0.25, 0.3) is 33.7 Å². The van der Waals surface area contributed by atoms with Crippen LogP contribution >= 0.6 is 0 Å². The van der Waals surface area contributed by atoms with Gasteiger partial charge in [0.25, 0.3) is 0 Å². The van der Waals surface area contributed by atoms with Gasteiger partial charge >= 0.3 is 26.2 Å². The first-order valence-corrected chi connectivity index (χ1v) is 10.8. The summed E-state index contributed by atoms with van der Waals surface area (Å²) in [5.41, 5.74) is 4.77. The molecule has 0 aliphatic heterocycles. The minimum atomic E-state index is 0. The Hall–Kier alpha value is -2.70. The summed E-state index contributed by atoms with van der Waals surface area (Å²) in [6, 6.07) is 29.6. The van der Waals surface area contributed by atoms with Gasteiger partial charge in [-0.2, -0.15) is 47.6 Å². The van der Waals surface area contributed by atoms with Gasteiger partial charge in [0.15, 0.2) is 0 Å². The molecular formula is C32H22Cl2Zr. The number of fused-ring (bicyclic) bond motifs is 2. The van der Waals surface area contributed by atoms with Gasteiger partial charge in [0.2, 0.25) is 0 Å². The fourth-order valence-corrected chi connectivity index (χ4v) is 3.96. The van der Waals surface area contributed by atoms with Crippen molar-refractivity contribution in [2.24, 2.45) is 0 Å². The van der Waals surface area contributed by atoms with Crippen LogP contribution in [-0.4, -0.2) is 0 Å². The SMILES string of the molecule is [C-]1=CC=CC1=Cc1cccc2ccccc12.[C-]1=CC=CC1=Cc1cccc2ccccc12.[Cl-].[Cl-].[Zr+4]. The minimum absolute atomic E-state index is 0. The molecule has 0 amide bonds. The van der Waals surface area contributed by atoms with E-state index in [1.807, 2.05) is 24.3 Å². The van der Waals surface area contributed by atoms with E-state index in [-0.39, 0.29) is 51.0 Å². The van der Waals surface area contributed by atoms with E-state index < -0.39 is 0 Å². The van der Waals surface area contributed by atoms with Crippen LogP contribution in [0.3, 0.4) is 0 Å². The van der Waals surface area contributed by atoms with Crippen molar-refractivity contribution in [3.8, 4) is 0 Å². The van der Waals surface area contributed by atoms with E-state index in [4.69, 9.17) is 0 Å². The van der Waals surface area contributed by atoms with Crippen molar-refractivity contribution in [1.82, 2.24) is 0 Å². The average molecular weight is 569 g/mol. The Balaban J connectivity index is 0.000000227. The second-order valence-electron chi connectivity index (χ2n) is 7.68. The van der Waals surface area contributed by atoms with E-state index in [0.717, 1.165) is 11.1 Å². The molecule has 2 aliphatic rings. The summed E-state index contributed by atoms with van der Waals surface area (Å²) >= 11 is 0. The molecule has 0 saturated carbocycles. The zero-order chi connectivity index (χ0) is 21.6. The zero-order valence-corrected chi connectivity index (χ0v) is 22.9. The summed E-state index contributed by atoms with van der Waals surface area (Å²) in [4.78, 5) is 0. The minimum Gasteiger partial charge on any atom is -1.00 e. The summed E-state index contributed by atoms with van der Waals surface area (Å²) in [5.74, 6) is 0. The van der Waals surface area contributed by atoms with Crippen LogP contribution in [-0.2, 0) is 26.2 Å². The number of allylic oxidation sites excluding steroid dienone is 10. The van der Waals surface area contributed by atoms with Crippen molar-refractivity contribution in [2.45, 2.75) is 0 Å². The van der Waals surface area contributed by atoms with Gasteiger partial charge in [-0.25, -0.2) is 0 Å². The molecule has 4 aromatic carbocycles. The molecule has 0 spiro atoms. The van der Waals surface area contributed by atoms with Gasteiger partial charge in [-0.05, 0) is 21.5 Å². The van der Waals surface area contributed by atoms with Gasteiger partial charge in [0.05, 0.1) is 0 Å². The Morgan fingerprint density at radius 1 is 0.486 bits per heavy atom. The predicted octanol–water partition coefficient (Wildman–Crippen LogP) is 2.31. The predicted molar refractivity (Wildman–Crippen MR) is 138 cm³/mol. The van der Waals surface area contributed by atoms with Crippen molar-refractivity contribution >= 4 is 33.7 Å². The standard InChI is InChI=1S/2C16H11.2ClH.Zr/c2*1-2-7-13(6-1)12-15-10-5-9-14-8-3-4-11-16(14)15;;;/h2*1-6,8-12H;2*1H;/q2*-1;;;+4/p-2. The molecule has 0 radical (unpaired) electrons. The Morgan fingerprint density at radius 2 is 0.886 bits per heavy atom. The molecule has 0 aromatic heterocycles. The summed E-state index contributed by atoms with van der Waals surface area (Å²) in [7, 11) is 0. The molecule has 0 atom stereocenters. The third kappa shape index (κ3) is 7.15. The molecule has 0 saturated heterocycles. The molecule has 2 aliphatic carbocycles. The molecule has 4 aromatic rings. The summed E-state index contributed by atoms with van der Waals surface area (Å²) < 4.78 is 0. The maximum absolute atomic E-state index is 3.19. The molecule has 0 unspecified atom stereocenters. The van der Waals surface area contributed by atoms with E-state index in [9.17, 15) is 0 Å². The van der Waals surface area contributed by atoms with Gasteiger partial charge in [0.1, 0.15) is 0 Å². The first kappa shape index (κ1) is 28.5. The molecule has 35 heavy (non-hydrogen) atoms. The Kier molecular flexibility index (Phi) is 11.4. The van der Waals surface area contributed by atoms with Crippen molar-refractivity contribution in [3.63, 3.8) is 0 Å². The third-order valence-electron chi connectivity index (χ3n) is 5.51. The fraction of sp³-hybridized carbons (Fsp3) is 0.